The molecular weight excluding hydrogens is 426 g/mol. The quantitative estimate of drug-likeness (QED) is 0.642. The van der Waals surface area contributed by atoms with E-state index in [4.69, 9.17) is 9.47 Å². The Morgan fingerprint density at radius 2 is 1.84 bits per heavy atom. The molecule has 1 aliphatic heterocycles. The molecule has 0 spiro atoms. The second-order valence-corrected chi connectivity index (χ2v) is 9.39. The lowest BCUT2D eigenvalue weighted by Gasteiger charge is -2.29. The number of anilines is 1. The summed E-state index contributed by atoms with van der Waals surface area (Å²) in [6.07, 6.45) is 2.32. The van der Waals surface area contributed by atoms with Crippen LogP contribution in [0.5, 0.6) is 11.5 Å². The summed E-state index contributed by atoms with van der Waals surface area (Å²) in [5, 5.41) is 7.07. The number of piperidine rings is 1. The fourth-order valence-corrected chi connectivity index (χ4v) is 4.53. The molecule has 0 radical (unpaired) electrons. The minimum atomic E-state index is -3.23. The van der Waals surface area contributed by atoms with Gasteiger partial charge in [0.15, 0.2) is 11.5 Å². The molecule has 11 nitrogen and oxygen atoms in total. The first-order valence-electron chi connectivity index (χ1n) is 9.74. The zero-order valence-corrected chi connectivity index (χ0v) is 18.8. The van der Waals surface area contributed by atoms with Crippen LogP contribution in [0.3, 0.4) is 0 Å². The van der Waals surface area contributed by atoms with Gasteiger partial charge in [-0.3, -0.25) is 9.36 Å². The summed E-state index contributed by atoms with van der Waals surface area (Å²) >= 11 is 0. The molecule has 1 aliphatic rings. The molecule has 1 aromatic carbocycles. The van der Waals surface area contributed by atoms with Crippen LogP contribution in [0.1, 0.15) is 24.6 Å². The molecule has 1 saturated heterocycles. The number of ether oxygens (including phenoxy) is 2. The Labute approximate surface area is 180 Å². The molecule has 31 heavy (non-hydrogen) atoms. The lowest BCUT2D eigenvalue weighted by Crippen LogP contribution is -2.37. The zero-order chi connectivity index (χ0) is 22.8. The Kier molecular flexibility index (Phi) is 6.70. The van der Waals surface area contributed by atoms with Crippen LogP contribution in [0.15, 0.2) is 23.0 Å². The number of carbonyl (C=O) groups excluding carboxylic acids is 1. The van der Waals surface area contributed by atoms with Gasteiger partial charge in [-0.1, -0.05) is 0 Å². The van der Waals surface area contributed by atoms with Crippen LogP contribution in [-0.4, -0.2) is 66.5 Å². The molecular formula is C19H27N5O6S. The van der Waals surface area contributed by atoms with Crippen LogP contribution < -0.4 is 20.5 Å². The maximum Gasteiger partial charge on any atom is 0.346 e. The third-order valence-corrected chi connectivity index (χ3v) is 6.63. The lowest BCUT2D eigenvalue weighted by molar-refractivity contribution is -0.117. The van der Waals surface area contributed by atoms with Crippen molar-refractivity contribution in [2.75, 3.05) is 38.9 Å². The number of nitrogens with zero attached hydrogens (tertiary/aromatic N) is 4. The van der Waals surface area contributed by atoms with E-state index in [2.05, 4.69) is 10.4 Å². The molecule has 2 aromatic rings. The van der Waals surface area contributed by atoms with Crippen molar-refractivity contribution in [2.45, 2.75) is 25.3 Å². The molecule has 0 aliphatic carbocycles. The molecule has 0 saturated carbocycles. The van der Waals surface area contributed by atoms with Crippen molar-refractivity contribution in [2.24, 2.45) is 7.05 Å². The predicted molar refractivity (Wildman–Crippen MR) is 114 cm³/mol. The first-order valence-corrected chi connectivity index (χ1v) is 11.6. The number of hydrogen-bond acceptors (Lipinski definition) is 7. The number of carbonyl (C=O) groups is 1. The van der Waals surface area contributed by atoms with Gasteiger partial charge in [-0.15, -0.1) is 0 Å². The van der Waals surface area contributed by atoms with Crippen molar-refractivity contribution in [1.82, 2.24) is 18.7 Å². The van der Waals surface area contributed by atoms with Gasteiger partial charge in [0.05, 0.1) is 20.5 Å². The summed E-state index contributed by atoms with van der Waals surface area (Å²) in [6, 6.07) is 4.96. The van der Waals surface area contributed by atoms with E-state index in [1.54, 1.807) is 25.2 Å². The van der Waals surface area contributed by atoms with Crippen molar-refractivity contribution >= 4 is 21.6 Å². The average molecular weight is 454 g/mol. The van der Waals surface area contributed by atoms with E-state index < -0.39 is 21.6 Å². The molecule has 12 heteroatoms. The highest BCUT2D eigenvalue weighted by Gasteiger charge is 2.29. The molecule has 1 fully saturated rings. The molecule has 1 amide bonds. The van der Waals surface area contributed by atoms with Crippen molar-refractivity contribution in [3.05, 3.63) is 34.5 Å². The van der Waals surface area contributed by atoms with Gasteiger partial charge in [-0.2, -0.15) is 5.10 Å². The van der Waals surface area contributed by atoms with Crippen molar-refractivity contribution in [3.63, 3.8) is 0 Å². The molecule has 0 atom stereocenters. The second kappa shape index (κ2) is 9.10. The Bertz CT molecular complexity index is 1120. The maximum absolute atomic E-state index is 12.6. The van der Waals surface area contributed by atoms with Gasteiger partial charge in [-0.05, 0) is 25.0 Å². The summed E-state index contributed by atoms with van der Waals surface area (Å²) in [6.45, 7) is 0.512. The standard InChI is InChI=1S/C19H27N5O6S/c1-22-18(13-7-9-23(10-8-13)31(4,27)28)21-24(19(22)26)12-17(25)20-14-5-6-15(29-2)16(11-14)30-3/h5-6,11,13H,7-10,12H2,1-4H3,(H,20,25). The summed E-state index contributed by atoms with van der Waals surface area (Å²) < 4.78 is 37.8. The number of rotatable bonds is 7. The van der Waals surface area contributed by atoms with Crippen molar-refractivity contribution < 1.29 is 22.7 Å². The molecule has 1 N–H and O–H groups in total. The summed E-state index contributed by atoms with van der Waals surface area (Å²) in [7, 11) is 1.40. The molecule has 2 heterocycles. The van der Waals surface area contributed by atoms with E-state index in [-0.39, 0.29) is 12.5 Å². The van der Waals surface area contributed by atoms with Gasteiger partial charge in [0.1, 0.15) is 12.4 Å². The van der Waals surface area contributed by atoms with Gasteiger partial charge in [0, 0.05) is 37.8 Å². The topological polar surface area (TPSA) is 125 Å². The number of hydrogen-bond donors (Lipinski definition) is 1. The van der Waals surface area contributed by atoms with E-state index in [0.717, 1.165) is 4.68 Å². The summed E-state index contributed by atoms with van der Waals surface area (Å²) in [4.78, 5) is 25.0. The van der Waals surface area contributed by atoms with Gasteiger partial charge in [-0.25, -0.2) is 22.2 Å². The summed E-state index contributed by atoms with van der Waals surface area (Å²) in [5.74, 6) is 1.10. The minimum Gasteiger partial charge on any atom is -0.493 e. The highest BCUT2D eigenvalue weighted by Crippen LogP contribution is 2.30. The lowest BCUT2D eigenvalue weighted by atomic mass is 9.97. The van der Waals surface area contributed by atoms with Crippen molar-refractivity contribution in [1.29, 1.82) is 0 Å². The van der Waals surface area contributed by atoms with Gasteiger partial charge >= 0.3 is 5.69 Å². The van der Waals surface area contributed by atoms with E-state index >= 15 is 0 Å². The van der Waals surface area contributed by atoms with Crippen molar-refractivity contribution in [3.8, 4) is 11.5 Å². The van der Waals surface area contributed by atoms with E-state index in [9.17, 15) is 18.0 Å². The average Bonchev–Trinajstić information content (AvgIpc) is 3.01. The Morgan fingerprint density at radius 3 is 2.42 bits per heavy atom. The Hall–Kier alpha value is -2.86. The minimum absolute atomic E-state index is 0.0501. The SMILES string of the molecule is COc1ccc(NC(=O)Cn2nc(C3CCN(S(C)(=O)=O)CC3)n(C)c2=O)cc1OC. The monoisotopic (exact) mass is 453 g/mol. The van der Waals surface area contributed by atoms with Crippen LogP contribution in [0.25, 0.3) is 0 Å². The maximum atomic E-state index is 12.6. The first-order chi connectivity index (χ1) is 14.6. The number of methoxy groups -OCH3 is 2. The van der Waals surface area contributed by atoms with E-state index in [1.165, 1.54) is 29.3 Å². The Balaban J connectivity index is 1.69. The van der Waals surface area contributed by atoms with E-state index in [1.807, 2.05) is 0 Å². The fourth-order valence-electron chi connectivity index (χ4n) is 3.66. The highest BCUT2D eigenvalue weighted by atomic mass is 32.2. The number of sulfonamides is 1. The molecule has 170 valence electrons. The Morgan fingerprint density at radius 1 is 1.19 bits per heavy atom. The van der Waals surface area contributed by atoms with Gasteiger partial charge < -0.3 is 14.8 Å². The number of benzene rings is 1. The van der Waals surface area contributed by atoms with Crippen LogP contribution >= 0.6 is 0 Å². The molecule has 3 rings (SSSR count). The first kappa shape index (κ1) is 22.8. The second-order valence-electron chi connectivity index (χ2n) is 7.41. The molecule has 0 bridgehead atoms. The van der Waals surface area contributed by atoms with Gasteiger partial charge in [0.25, 0.3) is 0 Å². The molecule has 0 unspecified atom stereocenters. The van der Waals surface area contributed by atoms with Gasteiger partial charge in [0.2, 0.25) is 15.9 Å². The van der Waals surface area contributed by atoms with Crippen LogP contribution in [0, 0.1) is 0 Å². The third kappa shape index (κ3) is 5.07. The number of amides is 1. The van der Waals surface area contributed by atoms with Crippen LogP contribution in [0.4, 0.5) is 5.69 Å². The highest BCUT2D eigenvalue weighted by molar-refractivity contribution is 7.88. The zero-order valence-electron chi connectivity index (χ0n) is 18.0. The smallest absolute Gasteiger partial charge is 0.346 e. The van der Waals surface area contributed by atoms with Crippen LogP contribution in [0.2, 0.25) is 0 Å². The van der Waals surface area contributed by atoms with Crippen LogP contribution in [-0.2, 0) is 28.4 Å². The third-order valence-electron chi connectivity index (χ3n) is 5.32. The largest absolute Gasteiger partial charge is 0.493 e. The normalized spacial score (nSPS) is 15.6. The number of aromatic nitrogens is 3. The predicted octanol–water partition coefficient (Wildman–Crippen LogP) is 0.377. The molecule has 1 aromatic heterocycles. The summed E-state index contributed by atoms with van der Waals surface area (Å²) in [5.41, 5.74) is 0.100. The number of nitrogens with one attached hydrogen (secondary N) is 1. The van der Waals surface area contributed by atoms with E-state index in [0.29, 0.717) is 48.9 Å². The fraction of sp³-hybridized carbons (Fsp3) is 0.526.